The molecular formula is C19H21N3O. The standard InChI is InChI=1S/C19H21N3O/c1-14(2)15-7-9-17(10-8-15)22-19(23)11-12-21-18-6-4-3-5-16(18)13-20/h3-10,14,21H,11-12H2,1-2H3,(H,22,23). The van der Waals surface area contributed by atoms with Crippen LogP contribution in [-0.4, -0.2) is 12.5 Å². The van der Waals surface area contributed by atoms with E-state index in [1.54, 1.807) is 6.07 Å². The molecule has 0 heterocycles. The summed E-state index contributed by atoms with van der Waals surface area (Å²) < 4.78 is 0. The molecule has 0 aliphatic carbocycles. The second kappa shape index (κ2) is 8.00. The van der Waals surface area contributed by atoms with Gasteiger partial charge in [0.1, 0.15) is 6.07 Å². The number of amides is 1. The molecule has 23 heavy (non-hydrogen) atoms. The Kier molecular flexibility index (Phi) is 5.76. The van der Waals surface area contributed by atoms with Crippen molar-refractivity contribution in [1.29, 1.82) is 5.26 Å². The van der Waals surface area contributed by atoms with Gasteiger partial charge in [0.2, 0.25) is 5.91 Å². The average molecular weight is 307 g/mol. The number of hydrogen-bond donors (Lipinski definition) is 2. The molecule has 0 unspecified atom stereocenters. The Balaban J connectivity index is 1.82. The van der Waals surface area contributed by atoms with Crippen LogP contribution in [-0.2, 0) is 4.79 Å². The highest BCUT2D eigenvalue weighted by Gasteiger charge is 2.05. The maximum Gasteiger partial charge on any atom is 0.226 e. The topological polar surface area (TPSA) is 64.9 Å². The number of benzene rings is 2. The second-order valence-corrected chi connectivity index (χ2v) is 5.66. The molecule has 0 radical (unpaired) electrons. The summed E-state index contributed by atoms with van der Waals surface area (Å²) in [6.07, 6.45) is 0.339. The summed E-state index contributed by atoms with van der Waals surface area (Å²) in [4.78, 5) is 12.0. The number of carbonyl (C=O) groups excluding carboxylic acids is 1. The van der Waals surface area contributed by atoms with Crippen molar-refractivity contribution in [3.05, 3.63) is 59.7 Å². The van der Waals surface area contributed by atoms with Crippen molar-refractivity contribution in [2.24, 2.45) is 0 Å². The lowest BCUT2D eigenvalue weighted by Gasteiger charge is -2.10. The predicted molar refractivity (Wildman–Crippen MR) is 93.4 cm³/mol. The van der Waals surface area contributed by atoms with Gasteiger partial charge in [0, 0.05) is 18.7 Å². The van der Waals surface area contributed by atoms with Crippen LogP contribution in [0.25, 0.3) is 0 Å². The molecule has 0 aromatic heterocycles. The van der Waals surface area contributed by atoms with Gasteiger partial charge in [-0.25, -0.2) is 0 Å². The minimum atomic E-state index is -0.0516. The van der Waals surface area contributed by atoms with Gasteiger partial charge in [-0.05, 0) is 35.7 Å². The third kappa shape index (κ3) is 4.86. The van der Waals surface area contributed by atoms with Gasteiger partial charge in [-0.1, -0.05) is 38.1 Å². The van der Waals surface area contributed by atoms with E-state index in [4.69, 9.17) is 5.26 Å². The normalized spacial score (nSPS) is 10.2. The first-order valence-corrected chi connectivity index (χ1v) is 7.73. The van der Waals surface area contributed by atoms with Crippen molar-refractivity contribution < 1.29 is 4.79 Å². The van der Waals surface area contributed by atoms with Gasteiger partial charge in [0.15, 0.2) is 0 Å². The lowest BCUT2D eigenvalue weighted by Crippen LogP contribution is -2.16. The molecular weight excluding hydrogens is 286 g/mol. The van der Waals surface area contributed by atoms with Gasteiger partial charge in [0.25, 0.3) is 0 Å². The maximum absolute atomic E-state index is 12.0. The van der Waals surface area contributed by atoms with E-state index in [2.05, 4.69) is 30.6 Å². The quantitative estimate of drug-likeness (QED) is 0.843. The van der Waals surface area contributed by atoms with Crippen LogP contribution in [0.2, 0.25) is 0 Å². The fourth-order valence-electron chi connectivity index (χ4n) is 2.22. The zero-order chi connectivity index (χ0) is 16.7. The van der Waals surface area contributed by atoms with Crippen molar-refractivity contribution in [1.82, 2.24) is 0 Å². The molecule has 0 spiro atoms. The fraction of sp³-hybridized carbons (Fsp3) is 0.263. The molecule has 1 amide bonds. The van der Waals surface area contributed by atoms with Crippen LogP contribution in [0.5, 0.6) is 0 Å². The number of nitriles is 1. The largest absolute Gasteiger partial charge is 0.383 e. The van der Waals surface area contributed by atoms with Gasteiger partial charge in [-0.15, -0.1) is 0 Å². The van der Waals surface area contributed by atoms with Gasteiger partial charge < -0.3 is 10.6 Å². The Morgan fingerprint density at radius 1 is 1.13 bits per heavy atom. The third-order valence-corrected chi connectivity index (χ3v) is 3.58. The number of anilines is 2. The van der Waals surface area contributed by atoms with Crippen LogP contribution in [0.3, 0.4) is 0 Å². The molecule has 2 aromatic rings. The van der Waals surface area contributed by atoms with Crippen molar-refractivity contribution in [2.75, 3.05) is 17.2 Å². The maximum atomic E-state index is 12.0. The molecule has 118 valence electrons. The smallest absolute Gasteiger partial charge is 0.226 e. The molecule has 0 aliphatic rings. The van der Waals surface area contributed by atoms with Gasteiger partial charge in [-0.2, -0.15) is 5.26 Å². The summed E-state index contributed by atoms with van der Waals surface area (Å²) >= 11 is 0. The van der Waals surface area contributed by atoms with Crippen molar-refractivity contribution in [3.63, 3.8) is 0 Å². The zero-order valence-corrected chi connectivity index (χ0v) is 13.5. The van der Waals surface area contributed by atoms with Crippen LogP contribution in [0.15, 0.2) is 48.5 Å². The van der Waals surface area contributed by atoms with E-state index in [0.29, 0.717) is 24.4 Å². The Bertz CT molecular complexity index is 699. The van der Waals surface area contributed by atoms with Gasteiger partial charge in [0.05, 0.1) is 11.3 Å². The Hall–Kier alpha value is -2.80. The molecule has 2 rings (SSSR count). The van der Waals surface area contributed by atoms with Crippen LogP contribution in [0.4, 0.5) is 11.4 Å². The van der Waals surface area contributed by atoms with Gasteiger partial charge in [-0.3, -0.25) is 4.79 Å². The van der Waals surface area contributed by atoms with E-state index in [1.807, 2.05) is 42.5 Å². The molecule has 4 nitrogen and oxygen atoms in total. The van der Waals surface area contributed by atoms with Crippen molar-refractivity contribution >= 4 is 17.3 Å². The Labute approximate surface area is 137 Å². The molecule has 0 aliphatic heterocycles. The molecule has 0 atom stereocenters. The highest BCUT2D eigenvalue weighted by atomic mass is 16.1. The number of rotatable bonds is 6. The lowest BCUT2D eigenvalue weighted by molar-refractivity contribution is -0.115. The van der Waals surface area contributed by atoms with E-state index in [9.17, 15) is 4.79 Å². The highest BCUT2D eigenvalue weighted by Crippen LogP contribution is 2.17. The van der Waals surface area contributed by atoms with Gasteiger partial charge >= 0.3 is 0 Å². The van der Waals surface area contributed by atoms with Crippen LogP contribution >= 0.6 is 0 Å². The summed E-state index contributed by atoms with van der Waals surface area (Å²) in [7, 11) is 0. The number of para-hydroxylation sites is 1. The average Bonchev–Trinajstić information content (AvgIpc) is 2.55. The first-order chi connectivity index (χ1) is 11.1. The van der Waals surface area contributed by atoms with Crippen LogP contribution < -0.4 is 10.6 Å². The number of nitrogens with one attached hydrogen (secondary N) is 2. The predicted octanol–water partition coefficient (Wildman–Crippen LogP) is 4.12. The molecule has 0 bridgehead atoms. The van der Waals surface area contributed by atoms with E-state index in [0.717, 1.165) is 11.4 Å². The van der Waals surface area contributed by atoms with Crippen LogP contribution in [0, 0.1) is 11.3 Å². The second-order valence-electron chi connectivity index (χ2n) is 5.66. The van der Waals surface area contributed by atoms with E-state index >= 15 is 0 Å². The molecule has 2 N–H and O–H groups in total. The SMILES string of the molecule is CC(C)c1ccc(NC(=O)CCNc2ccccc2C#N)cc1. The highest BCUT2D eigenvalue weighted by molar-refractivity contribution is 5.91. The molecule has 0 saturated carbocycles. The summed E-state index contributed by atoms with van der Waals surface area (Å²) in [5.74, 6) is 0.424. The van der Waals surface area contributed by atoms with E-state index < -0.39 is 0 Å². The Morgan fingerprint density at radius 3 is 2.48 bits per heavy atom. The lowest BCUT2D eigenvalue weighted by atomic mass is 10.0. The van der Waals surface area contributed by atoms with Crippen molar-refractivity contribution in [3.8, 4) is 6.07 Å². The van der Waals surface area contributed by atoms with E-state index in [1.165, 1.54) is 5.56 Å². The van der Waals surface area contributed by atoms with Crippen molar-refractivity contribution in [2.45, 2.75) is 26.2 Å². The molecule has 4 heteroatoms. The first kappa shape index (κ1) is 16.6. The minimum Gasteiger partial charge on any atom is -0.383 e. The number of nitrogens with zero attached hydrogens (tertiary/aromatic N) is 1. The van der Waals surface area contributed by atoms with E-state index in [-0.39, 0.29) is 5.91 Å². The minimum absolute atomic E-state index is 0.0516. The van der Waals surface area contributed by atoms with Crippen LogP contribution in [0.1, 0.15) is 37.3 Å². The third-order valence-electron chi connectivity index (χ3n) is 3.58. The molecule has 0 saturated heterocycles. The summed E-state index contributed by atoms with van der Waals surface area (Å²) in [6, 6.07) is 17.3. The Morgan fingerprint density at radius 2 is 1.83 bits per heavy atom. The monoisotopic (exact) mass is 307 g/mol. The summed E-state index contributed by atoms with van der Waals surface area (Å²) in [6.45, 7) is 4.76. The zero-order valence-electron chi connectivity index (χ0n) is 13.5. The number of carbonyl (C=O) groups is 1. The fourth-order valence-corrected chi connectivity index (χ4v) is 2.22. The molecule has 2 aromatic carbocycles. The summed E-state index contributed by atoms with van der Waals surface area (Å²) in [5.41, 5.74) is 3.39. The number of hydrogen-bond acceptors (Lipinski definition) is 3. The molecule has 0 fully saturated rings. The summed E-state index contributed by atoms with van der Waals surface area (Å²) in [5, 5.41) is 15.0. The first-order valence-electron chi connectivity index (χ1n) is 7.73.